The Morgan fingerprint density at radius 2 is 1.04 bits per heavy atom. The molecule has 0 spiro atoms. The number of pyridine rings is 1. The number of aromatic nitrogens is 2. The molecule has 0 saturated heterocycles. The van der Waals surface area contributed by atoms with Crippen molar-refractivity contribution in [3.8, 4) is 27.9 Å². The summed E-state index contributed by atoms with van der Waals surface area (Å²) in [6, 6.07) is 64.8. The summed E-state index contributed by atoms with van der Waals surface area (Å²) in [5, 5.41) is 9.19. The van der Waals surface area contributed by atoms with Gasteiger partial charge in [0.15, 0.2) is 13.7 Å². The minimum absolute atomic E-state index is 0.813. The molecule has 7 aromatic carbocycles. The summed E-state index contributed by atoms with van der Waals surface area (Å²) in [6.45, 7) is 0. The summed E-state index contributed by atoms with van der Waals surface area (Å²) in [5.41, 5.74) is 11.2. The van der Waals surface area contributed by atoms with Crippen molar-refractivity contribution in [1.82, 2.24) is 9.55 Å². The first-order chi connectivity index (χ1) is 25.3. The van der Waals surface area contributed by atoms with Crippen LogP contribution in [0, 0.1) is 0 Å². The van der Waals surface area contributed by atoms with Crippen molar-refractivity contribution in [2.45, 2.75) is 0 Å². The van der Waals surface area contributed by atoms with Gasteiger partial charge in [-0.2, -0.15) is 0 Å². The van der Waals surface area contributed by atoms with Gasteiger partial charge in [0.2, 0.25) is 0 Å². The monoisotopic (exact) mass is 666 g/mol. The van der Waals surface area contributed by atoms with Crippen LogP contribution in [0.3, 0.4) is 0 Å². The molecule has 0 radical (unpaired) electrons. The molecule has 238 valence electrons. The summed E-state index contributed by atoms with van der Waals surface area (Å²) in [5.74, 6) is 0. The second kappa shape index (κ2) is 10.8. The van der Waals surface area contributed by atoms with Crippen molar-refractivity contribution in [3.63, 3.8) is 0 Å². The fraction of sp³-hybridized carbons (Fsp3) is 0. The van der Waals surface area contributed by atoms with E-state index < -0.39 is 8.07 Å². The molecule has 1 aliphatic rings. The summed E-state index contributed by atoms with van der Waals surface area (Å²) < 4.78 is 8.60. The SMILES string of the molecule is c1ccc([Si]2(c3ccccc3)c3cc(-c4ccc5oc6cccnc6c5c4)ccc3-c3ccc(-n4c5ccccc5c5ccccc54)cc32)cc1. The lowest BCUT2D eigenvalue weighted by atomic mass is 9.99. The van der Waals surface area contributed by atoms with Gasteiger partial charge in [-0.25, -0.2) is 0 Å². The second-order valence-corrected chi connectivity index (χ2v) is 17.2. The van der Waals surface area contributed by atoms with E-state index in [1.807, 2.05) is 18.3 Å². The van der Waals surface area contributed by atoms with Crippen LogP contribution in [0.15, 0.2) is 187 Å². The van der Waals surface area contributed by atoms with Crippen molar-refractivity contribution < 1.29 is 4.42 Å². The van der Waals surface area contributed by atoms with E-state index in [1.165, 1.54) is 64.9 Å². The summed E-state index contributed by atoms with van der Waals surface area (Å²) >= 11 is 0. The first-order valence-corrected chi connectivity index (χ1v) is 19.5. The fourth-order valence-corrected chi connectivity index (χ4v) is 14.0. The van der Waals surface area contributed by atoms with Gasteiger partial charge in [-0.3, -0.25) is 4.98 Å². The van der Waals surface area contributed by atoms with E-state index in [2.05, 4.69) is 173 Å². The molecular weight excluding hydrogens is 637 g/mol. The summed E-state index contributed by atoms with van der Waals surface area (Å²) in [7, 11) is -2.80. The third kappa shape index (κ3) is 3.96. The van der Waals surface area contributed by atoms with Crippen LogP contribution in [0.2, 0.25) is 0 Å². The number of furan rings is 1. The minimum Gasteiger partial charge on any atom is -0.454 e. The molecular formula is C47H30N2OSi. The number of nitrogens with zero attached hydrogens (tertiary/aromatic N) is 2. The van der Waals surface area contributed by atoms with E-state index in [9.17, 15) is 0 Å². The second-order valence-electron chi connectivity index (χ2n) is 13.5. The standard InChI is InChI=1S/C47H30N2OSi/c1-3-12-34(13-4-1)51(35-14-5-2-6-15-35)45-29-32(31-22-26-43-40(28-31)47-44(50-43)20-11-27-48-47)21-24-38(45)39-25-23-33(30-46(39)51)49-41-18-9-7-16-36(41)37-17-8-10-19-42(37)49/h1-30H. The molecule has 10 aromatic rings. The van der Waals surface area contributed by atoms with Gasteiger partial charge in [-0.05, 0) is 91.5 Å². The molecule has 0 atom stereocenters. The Labute approximate surface area is 295 Å². The Balaban J connectivity index is 1.20. The predicted octanol–water partition coefficient (Wildman–Crippen LogP) is 9.10. The lowest BCUT2D eigenvalue weighted by Gasteiger charge is -2.32. The van der Waals surface area contributed by atoms with Crippen molar-refractivity contribution in [1.29, 1.82) is 0 Å². The molecule has 0 bridgehead atoms. The minimum atomic E-state index is -2.80. The molecule has 0 saturated carbocycles. The zero-order chi connectivity index (χ0) is 33.5. The van der Waals surface area contributed by atoms with Crippen LogP contribution in [0.4, 0.5) is 0 Å². The molecule has 1 aliphatic heterocycles. The first-order valence-electron chi connectivity index (χ1n) is 17.5. The van der Waals surface area contributed by atoms with Crippen molar-refractivity contribution in [3.05, 3.63) is 182 Å². The topological polar surface area (TPSA) is 31.0 Å². The highest BCUT2D eigenvalue weighted by Gasteiger charge is 2.49. The van der Waals surface area contributed by atoms with Gasteiger partial charge in [0.25, 0.3) is 0 Å². The molecule has 0 fully saturated rings. The van der Waals surface area contributed by atoms with Crippen molar-refractivity contribution in [2.24, 2.45) is 0 Å². The predicted molar refractivity (Wildman–Crippen MR) is 214 cm³/mol. The van der Waals surface area contributed by atoms with E-state index in [1.54, 1.807) is 0 Å². The Bertz CT molecular complexity index is 2880. The molecule has 11 rings (SSSR count). The number of hydrogen-bond acceptors (Lipinski definition) is 2. The zero-order valence-electron chi connectivity index (χ0n) is 27.6. The quantitative estimate of drug-likeness (QED) is 0.176. The Morgan fingerprint density at radius 1 is 0.451 bits per heavy atom. The highest BCUT2D eigenvalue weighted by Crippen LogP contribution is 2.37. The molecule has 0 unspecified atom stereocenters. The van der Waals surface area contributed by atoms with Crippen LogP contribution in [0.25, 0.3) is 71.8 Å². The van der Waals surface area contributed by atoms with E-state index in [0.29, 0.717) is 0 Å². The van der Waals surface area contributed by atoms with E-state index in [-0.39, 0.29) is 0 Å². The lowest BCUT2D eigenvalue weighted by Crippen LogP contribution is -2.72. The smallest absolute Gasteiger partial charge is 0.180 e. The van der Waals surface area contributed by atoms with Gasteiger partial charge in [-0.1, -0.05) is 127 Å². The average molecular weight is 667 g/mol. The Hall–Kier alpha value is -6.49. The van der Waals surface area contributed by atoms with E-state index in [0.717, 1.165) is 27.6 Å². The zero-order valence-corrected chi connectivity index (χ0v) is 28.6. The number of fused-ring (bicyclic) bond motifs is 9. The molecule has 0 N–H and O–H groups in total. The third-order valence-corrected chi connectivity index (χ3v) is 15.8. The van der Waals surface area contributed by atoms with Crippen molar-refractivity contribution >= 4 is 72.7 Å². The van der Waals surface area contributed by atoms with Crippen LogP contribution in [-0.2, 0) is 0 Å². The molecule has 0 aliphatic carbocycles. The van der Waals surface area contributed by atoms with Crippen molar-refractivity contribution in [2.75, 3.05) is 0 Å². The third-order valence-electron chi connectivity index (χ3n) is 10.9. The van der Waals surface area contributed by atoms with Gasteiger partial charge >= 0.3 is 0 Å². The maximum atomic E-state index is 6.15. The maximum Gasteiger partial charge on any atom is 0.180 e. The largest absolute Gasteiger partial charge is 0.454 e. The lowest BCUT2D eigenvalue weighted by molar-refractivity contribution is 0.668. The van der Waals surface area contributed by atoms with Crippen LogP contribution in [0.5, 0.6) is 0 Å². The number of rotatable bonds is 4. The highest BCUT2D eigenvalue weighted by atomic mass is 28.3. The van der Waals surface area contributed by atoms with Gasteiger partial charge in [0, 0.05) is 28.0 Å². The van der Waals surface area contributed by atoms with Crippen LogP contribution >= 0.6 is 0 Å². The number of hydrogen-bond donors (Lipinski definition) is 0. The molecule has 0 amide bonds. The maximum absolute atomic E-state index is 6.15. The fourth-order valence-electron chi connectivity index (χ4n) is 8.77. The molecule has 3 nitrogen and oxygen atoms in total. The molecule has 3 aromatic heterocycles. The molecule has 4 heteroatoms. The van der Waals surface area contributed by atoms with E-state index in [4.69, 9.17) is 4.42 Å². The van der Waals surface area contributed by atoms with Gasteiger partial charge in [-0.15, -0.1) is 0 Å². The first kappa shape index (κ1) is 28.4. The van der Waals surface area contributed by atoms with Crippen LogP contribution in [-0.4, -0.2) is 17.6 Å². The highest BCUT2D eigenvalue weighted by molar-refractivity contribution is 7.22. The van der Waals surface area contributed by atoms with Crippen LogP contribution in [0.1, 0.15) is 0 Å². The summed E-state index contributed by atoms with van der Waals surface area (Å²) in [6.07, 6.45) is 1.84. The normalized spacial score (nSPS) is 13.3. The molecule has 51 heavy (non-hydrogen) atoms. The van der Waals surface area contributed by atoms with Gasteiger partial charge < -0.3 is 8.98 Å². The average Bonchev–Trinajstić information content (AvgIpc) is 3.84. The Morgan fingerprint density at radius 3 is 1.75 bits per heavy atom. The number of para-hydroxylation sites is 2. The molecule has 4 heterocycles. The van der Waals surface area contributed by atoms with Gasteiger partial charge in [0.05, 0.1) is 11.0 Å². The Kier molecular flexibility index (Phi) is 5.98. The summed E-state index contributed by atoms with van der Waals surface area (Å²) in [4.78, 5) is 4.67. The van der Waals surface area contributed by atoms with Crippen LogP contribution < -0.4 is 20.7 Å². The van der Waals surface area contributed by atoms with E-state index >= 15 is 0 Å². The number of benzene rings is 7. The van der Waals surface area contributed by atoms with Gasteiger partial charge in [0.1, 0.15) is 11.1 Å².